The average Bonchev–Trinajstić information content (AvgIpc) is 2.80. The molecule has 6 aliphatic carbocycles. The van der Waals surface area contributed by atoms with Gasteiger partial charge in [-0.15, -0.1) is 0 Å². The molecule has 6 rings (SSSR count). The van der Waals surface area contributed by atoms with Crippen molar-refractivity contribution in [1.29, 1.82) is 0 Å². The second kappa shape index (κ2) is 3.18. The molecule has 0 heteroatoms. The van der Waals surface area contributed by atoms with Crippen molar-refractivity contribution in [2.75, 3.05) is 0 Å². The predicted octanol–water partition coefficient (Wildman–Crippen LogP) is 5.67. The van der Waals surface area contributed by atoms with Gasteiger partial charge in [-0.3, -0.25) is 0 Å². The Balaban J connectivity index is 1.57. The van der Waals surface area contributed by atoms with E-state index >= 15 is 0 Å². The minimum absolute atomic E-state index is 0.613. The fourth-order valence-corrected chi connectivity index (χ4v) is 8.94. The molecule has 1 spiro atoms. The molecule has 0 radical (unpaired) electrons. The van der Waals surface area contributed by atoms with E-state index in [-0.39, 0.29) is 0 Å². The summed E-state index contributed by atoms with van der Waals surface area (Å²) in [5.41, 5.74) is 2.91. The van der Waals surface area contributed by atoms with Crippen LogP contribution in [0.2, 0.25) is 0 Å². The first-order valence-corrected chi connectivity index (χ1v) is 9.32. The summed E-state index contributed by atoms with van der Waals surface area (Å²) in [7, 11) is 0. The van der Waals surface area contributed by atoms with Crippen LogP contribution in [0.1, 0.15) is 79.1 Å². The van der Waals surface area contributed by atoms with Gasteiger partial charge in [0.1, 0.15) is 0 Å². The second-order valence-electron chi connectivity index (χ2n) is 10.7. The maximum atomic E-state index is 2.72. The van der Waals surface area contributed by atoms with Gasteiger partial charge in [-0.2, -0.15) is 0 Å². The standard InChI is InChI=1S/C20H32/c1-17(2)7-5-8-18(3)15(17)6-9-20-11-14-13(10-16(18)20)19(14,4)12-20/h13-16H,5-12H2,1-4H3/t13-,14?,15?,16?,18+,19?,20?/m1/s1. The molecular formula is C20H32. The molecule has 4 bridgehead atoms. The van der Waals surface area contributed by atoms with E-state index in [1.54, 1.807) is 38.5 Å². The van der Waals surface area contributed by atoms with E-state index in [0.29, 0.717) is 10.8 Å². The maximum absolute atomic E-state index is 2.72. The molecule has 0 heterocycles. The van der Waals surface area contributed by atoms with Gasteiger partial charge in [0.25, 0.3) is 0 Å². The Bertz CT molecular complexity index is 476. The Morgan fingerprint density at radius 3 is 2.30 bits per heavy atom. The van der Waals surface area contributed by atoms with Crippen LogP contribution < -0.4 is 0 Å². The van der Waals surface area contributed by atoms with Gasteiger partial charge in [0, 0.05) is 0 Å². The van der Waals surface area contributed by atoms with Crippen molar-refractivity contribution in [2.24, 2.45) is 45.3 Å². The van der Waals surface area contributed by atoms with Crippen molar-refractivity contribution in [2.45, 2.75) is 79.1 Å². The quantitative estimate of drug-likeness (QED) is 0.533. The second-order valence-corrected chi connectivity index (χ2v) is 10.7. The third-order valence-electron chi connectivity index (χ3n) is 9.66. The molecule has 0 amide bonds. The van der Waals surface area contributed by atoms with Crippen molar-refractivity contribution in [3.05, 3.63) is 0 Å². The first-order chi connectivity index (χ1) is 9.32. The van der Waals surface area contributed by atoms with E-state index in [0.717, 1.165) is 34.5 Å². The Kier molecular flexibility index (Phi) is 1.99. The maximum Gasteiger partial charge on any atom is -0.0255 e. The summed E-state index contributed by atoms with van der Waals surface area (Å²) in [5, 5.41) is 0. The summed E-state index contributed by atoms with van der Waals surface area (Å²) < 4.78 is 0. The molecule has 20 heavy (non-hydrogen) atoms. The lowest BCUT2D eigenvalue weighted by Gasteiger charge is -2.65. The largest absolute Gasteiger partial charge is 0.0596 e. The third kappa shape index (κ3) is 1.16. The SMILES string of the molecule is CC1(C)CCC[C@@]2(C)C1CCC13CC4[C@@H](CC12)C4(C)C3. The van der Waals surface area contributed by atoms with Crippen LogP contribution in [0.15, 0.2) is 0 Å². The van der Waals surface area contributed by atoms with E-state index in [1.165, 1.54) is 12.8 Å². The highest BCUT2D eigenvalue weighted by Gasteiger charge is 2.78. The fourth-order valence-electron chi connectivity index (χ4n) is 8.94. The molecule has 0 saturated heterocycles. The first kappa shape index (κ1) is 12.5. The third-order valence-corrected chi connectivity index (χ3v) is 9.66. The Hall–Kier alpha value is 0. The number of hydrogen-bond donors (Lipinski definition) is 0. The summed E-state index contributed by atoms with van der Waals surface area (Å²) in [6.07, 6.45) is 12.5. The lowest BCUT2D eigenvalue weighted by Crippen LogP contribution is -2.57. The summed E-state index contributed by atoms with van der Waals surface area (Å²) >= 11 is 0. The number of rotatable bonds is 0. The van der Waals surface area contributed by atoms with Crippen LogP contribution in [-0.2, 0) is 0 Å². The Morgan fingerprint density at radius 1 is 0.800 bits per heavy atom. The van der Waals surface area contributed by atoms with Crippen LogP contribution in [0.5, 0.6) is 0 Å². The van der Waals surface area contributed by atoms with Crippen LogP contribution in [0.25, 0.3) is 0 Å². The molecule has 7 atom stereocenters. The number of hydrogen-bond acceptors (Lipinski definition) is 0. The molecule has 5 unspecified atom stereocenters. The lowest BCUT2D eigenvalue weighted by atomic mass is 9.40. The molecule has 0 aromatic rings. The molecule has 6 aliphatic rings. The van der Waals surface area contributed by atoms with E-state index in [2.05, 4.69) is 27.7 Å². The van der Waals surface area contributed by atoms with Gasteiger partial charge in [0.15, 0.2) is 0 Å². The normalized spacial score (nSPS) is 65.4. The smallest absolute Gasteiger partial charge is 0.0255 e. The van der Waals surface area contributed by atoms with Gasteiger partial charge in [-0.1, -0.05) is 34.1 Å². The zero-order valence-corrected chi connectivity index (χ0v) is 14.0. The monoisotopic (exact) mass is 272 g/mol. The van der Waals surface area contributed by atoms with E-state index in [9.17, 15) is 0 Å². The molecule has 112 valence electrons. The Labute approximate surface area is 125 Å². The van der Waals surface area contributed by atoms with Crippen molar-refractivity contribution in [3.8, 4) is 0 Å². The summed E-state index contributed by atoms with van der Waals surface area (Å²) in [4.78, 5) is 0. The van der Waals surface area contributed by atoms with Gasteiger partial charge >= 0.3 is 0 Å². The van der Waals surface area contributed by atoms with Gasteiger partial charge in [0.2, 0.25) is 0 Å². The fraction of sp³-hybridized carbons (Fsp3) is 1.00. The van der Waals surface area contributed by atoms with Crippen LogP contribution in [0.4, 0.5) is 0 Å². The zero-order valence-electron chi connectivity index (χ0n) is 14.0. The Morgan fingerprint density at radius 2 is 1.60 bits per heavy atom. The van der Waals surface area contributed by atoms with Crippen molar-refractivity contribution < 1.29 is 0 Å². The van der Waals surface area contributed by atoms with Gasteiger partial charge < -0.3 is 0 Å². The molecule has 0 aliphatic heterocycles. The van der Waals surface area contributed by atoms with Crippen LogP contribution in [0.3, 0.4) is 0 Å². The van der Waals surface area contributed by atoms with E-state index < -0.39 is 0 Å². The highest BCUT2D eigenvalue weighted by Crippen LogP contribution is 2.85. The molecule has 6 saturated carbocycles. The molecule has 0 aromatic carbocycles. The van der Waals surface area contributed by atoms with Crippen molar-refractivity contribution in [3.63, 3.8) is 0 Å². The first-order valence-electron chi connectivity index (χ1n) is 9.32. The molecule has 0 N–H and O–H groups in total. The molecule has 0 aromatic heterocycles. The van der Waals surface area contributed by atoms with Crippen LogP contribution in [0, 0.1) is 45.3 Å². The minimum Gasteiger partial charge on any atom is -0.0596 e. The number of fused-ring (bicyclic) bond motifs is 1. The summed E-state index contributed by atoms with van der Waals surface area (Å²) in [6, 6.07) is 0. The molecule has 6 fully saturated rings. The molecule has 0 nitrogen and oxygen atoms in total. The van der Waals surface area contributed by atoms with E-state index in [1.807, 2.05) is 0 Å². The summed E-state index contributed by atoms with van der Waals surface area (Å²) in [5.74, 6) is 4.39. The minimum atomic E-state index is 0.613. The van der Waals surface area contributed by atoms with Crippen LogP contribution in [-0.4, -0.2) is 0 Å². The van der Waals surface area contributed by atoms with Gasteiger partial charge in [0.05, 0.1) is 0 Å². The van der Waals surface area contributed by atoms with Gasteiger partial charge in [-0.05, 0) is 90.3 Å². The average molecular weight is 272 g/mol. The lowest BCUT2D eigenvalue weighted by molar-refractivity contribution is -0.160. The van der Waals surface area contributed by atoms with E-state index in [4.69, 9.17) is 0 Å². The van der Waals surface area contributed by atoms with Crippen molar-refractivity contribution >= 4 is 0 Å². The highest BCUT2D eigenvalue weighted by molar-refractivity contribution is 5.26. The zero-order chi connectivity index (χ0) is 14.0. The topological polar surface area (TPSA) is 0 Å². The highest BCUT2D eigenvalue weighted by atomic mass is 14.8. The van der Waals surface area contributed by atoms with Crippen molar-refractivity contribution in [1.82, 2.24) is 0 Å². The predicted molar refractivity (Wildman–Crippen MR) is 83.3 cm³/mol. The van der Waals surface area contributed by atoms with Gasteiger partial charge in [-0.25, -0.2) is 0 Å². The summed E-state index contributed by atoms with van der Waals surface area (Å²) in [6.45, 7) is 10.5. The molecular weight excluding hydrogens is 240 g/mol. The van der Waals surface area contributed by atoms with Crippen LogP contribution >= 0.6 is 0 Å².